The zero-order chi connectivity index (χ0) is 18.4. The van der Waals surface area contributed by atoms with Crippen molar-refractivity contribution in [3.05, 3.63) is 71.6 Å². The molecule has 2 heterocycles. The second kappa shape index (κ2) is 6.16. The van der Waals surface area contributed by atoms with Crippen molar-refractivity contribution in [3.8, 4) is 11.5 Å². The fourth-order valence-corrected chi connectivity index (χ4v) is 4.09. The van der Waals surface area contributed by atoms with Crippen molar-refractivity contribution in [1.82, 2.24) is 0 Å². The Hall–Kier alpha value is -3.28. The molecule has 5 rings (SSSR count). The first-order chi connectivity index (χ1) is 13.2. The van der Waals surface area contributed by atoms with Crippen LogP contribution >= 0.6 is 0 Å². The van der Waals surface area contributed by atoms with Crippen molar-refractivity contribution in [1.29, 1.82) is 0 Å². The van der Waals surface area contributed by atoms with Gasteiger partial charge in [0.2, 0.25) is 11.5 Å². The van der Waals surface area contributed by atoms with Gasteiger partial charge in [-0.25, -0.2) is 9.59 Å². The average Bonchev–Trinajstić information content (AvgIpc) is 3.47. The van der Waals surface area contributed by atoms with Crippen LogP contribution in [0.4, 0.5) is 0 Å². The van der Waals surface area contributed by atoms with Crippen molar-refractivity contribution >= 4 is 11.9 Å². The first kappa shape index (κ1) is 15.9. The molecular formula is C21H16O6. The minimum absolute atomic E-state index is 0.0836. The van der Waals surface area contributed by atoms with Gasteiger partial charge in [0.15, 0.2) is 11.5 Å². The van der Waals surface area contributed by atoms with Crippen LogP contribution in [0.5, 0.6) is 11.5 Å². The Kier molecular flexibility index (Phi) is 3.63. The van der Waals surface area contributed by atoms with E-state index in [0.29, 0.717) is 11.8 Å². The molecule has 2 atom stereocenters. The second-order valence-corrected chi connectivity index (χ2v) is 6.87. The van der Waals surface area contributed by atoms with E-state index in [1.807, 2.05) is 12.1 Å². The SMILES string of the molecule is O=C(Oc1cc2c(cc1OC(=O)c1ccco1)C1CCC2C1)c1ccco1. The molecule has 3 aromatic rings. The van der Waals surface area contributed by atoms with Crippen molar-refractivity contribution < 1.29 is 27.9 Å². The van der Waals surface area contributed by atoms with E-state index >= 15 is 0 Å². The van der Waals surface area contributed by atoms with E-state index in [0.717, 1.165) is 19.3 Å². The molecule has 2 aromatic heterocycles. The number of esters is 2. The van der Waals surface area contributed by atoms with Crippen LogP contribution in [0.25, 0.3) is 0 Å². The highest BCUT2D eigenvalue weighted by Gasteiger charge is 2.38. The molecule has 2 aliphatic carbocycles. The fourth-order valence-electron chi connectivity index (χ4n) is 4.09. The number of furan rings is 2. The summed E-state index contributed by atoms with van der Waals surface area (Å²) in [5, 5.41) is 0. The van der Waals surface area contributed by atoms with Gasteiger partial charge in [0.1, 0.15) is 0 Å². The highest BCUT2D eigenvalue weighted by atomic mass is 16.6. The van der Waals surface area contributed by atoms with Crippen LogP contribution in [-0.4, -0.2) is 11.9 Å². The maximum atomic E-state index is 12.3. The summed E-state index contributed by atoms with van der Waals surface area (Å²) in [4.78, 5) is 24.7. The summed E-state index contributed by atoms with van der Waals surface area (Å²) >= 11 is 0. The molecule has 0 N–H and O–H groups in total. The fraction of sp³-hybridized carbons (Fsp3) is 0.238. The molecule has 27 heavy (non-hydrogen) atoms. The summed E-state index contributed by atoms with van der Waals surface area (Å²) in [5.41, 5.74) is 2.34. The normalized spacial score (nSPS) is 19.7. The molecule has 136 valence electrons. The van der Waals surface area contributed by atoms with Crippen LogP contribution in [0.2, 0.25) is 0 Å². The summed E-state index contributed by atoms with van der Waals surface area (Å²) < 4.78 is 21.2. The van der Waals surface area contributed by atoms with Crippen LogP contribution in [-0.2, 0) is 0 Å². The predicted molar refractivity (Wildman–Crippen MR) is 93.1 cm³/mol. The molecule has 0 spiro atoms. The first-order valence-electron chi connectivity index (χ1n) is 8.88. The number of carbonyl (C=O) groups is 2. The molecule has 6 nitrogen and oxygen atoms in total. The van der Waals surface area contributed by atoms with Gasteiger partial charge in [0.05, 0.1) is 12.5 Å². The van der Waals surface area contributed by atoms with Crippen LogP contribution in [0, 0.1) is 0 Å². The zero-order valence-electron chi connectivity index (χ0n) is 14.3. The largest absolute Gasteiger partial charge is 0.457 e. The predicted octanol–water partition coefficient (Wildman–Crippen LogP) is 4.68. The minimum atomic E-state index is -0.640. The molecule has 0 aliphatic heterocycles. The second-order valence-electron chi connectivity index (χ2n) is 6.87. The summed E-state index contributed by atoms with van der Waals surface area (Å²) in [5.74, 6) is 0.254. The standard InChI is InChI=1S/C21H16O6/c22-20(16-3-1-7-24-16)26-18-10-14-12-5-6-13(9-12)15(14)11-19(18)27-21(23)17-4-2-8-25-17/h1-4,7-8,10-13H,5-6,9H2. The van der Waals surface area contributed by atoms with E-state index in [1.54, 1.807) is 12.1 Å². The summed E-state index contributed by atoms with van der Waals surface area (Å²) in [6.07, 6.45) is 6.16. The lowest BCUT2D eigenvalue weighted by Gasteiger charge is -2.18. The number of benzene rings is 1. The molecule has 6 heteroatoms. The first-order valence-corrected chi connectivity index (χ1v) is 8.88. The number of hydrogen-bond acceptors (Lipinski definition) is 6. The number of ether oxygens (including phenoxy) is 2. The van der Waals surface area contributed by atoms with Gasteiger partial charge in [-0.15, -0.1) is 0 Å². The van der Waals surface area contributed by atoms with Crippen LogP contribution < -0.4 is 9.47 Å². The van der Waals surface area contributed by atoms with Crippen LogP contribution in [0.1, 0.15) is 63.3 Å². The van der Waals surface area contributed by atoms with Crippen LogP contribution in [0.3, 0.4) is 0 Å². The van der Waals surface area contributed by atoms with Crippen LogP contribution in [0.15, 0.2) is 57.8 Å². The minimum Gasteiger partial charge on any atom is -0.457 e. The number of fused-ring (bicyclic) bond motifs is 5. The number of carbonyl (C=O) groups excluding carboxylic acids is 2. The lowest BCUT2D eigenvalue weighted by Crippen LogP contribution is -2.13. The highest BCUT2D eigenvalue weighted by molar-refractivity contribution is 5.90. The van der Waals surface area contributed by atoms with Gasteiger partial charge >= 0.3 is 11.9 Å². The Labute approximate surface area is 154 Å². The Bertz CT molecular complexity index is 918. The third-order valence-corrected chi connectivity index (χ3v) is 5.31. The van der Waals surface area contributed by atoms with Crippen molar-refractivity contribution in [2.24, 2.45) is 0 Å². The van der Waals surface area contributed by atoms with E-state index in [1.165, 1.54) is 35.8 Å². The smallest absolute Gasteiger partial charge is 0.379 e. The third-order valence-electron chi connectivity index (χ3n) is 5.31. The van der Waals surface area contributed by atoms with Gasteiger partial charge < -0.3 is 18.3 Å². The van der Waals surface area contributed by atoms with E-state index in [9.17, 15) is 9.59 Å². The topological polar surface area (TPSA) is 78.9 Å². The Morgan fingerprint density at radius 2 is 1.30 bits per heavy atom. The average molecular weight is 364 g/mol. The van der Waals surface area contributed by atoms with Gasteiger partial charge in [-0.2, -0.15) is 0 Å². The van der Waals surface area contributed by atoms with E-state index in [-0.39, 0.29) is 23.0 Å². The highest BCUT2D eigenvalue weighted by Crippen LogP contribution is 2.55. The van der Waals surface area contributed by atoms with Gasteiger partial charge in [0.25, 0.3) is 0 Å². The molecule has 1 aromatic carbocycles. The van der Waals surface area contributed by atoms with E-state index in [4.69, 9.17) is 18.3 Å². The van der Waals surface area contributed by atoms with E-state index < -0.39 is 11.9 Å². The summed E-state index contributed by atoms with van der Waals surface area (Å²) in [6, 6.07) is 9.90. The maximum Gasteiger partial charge on any atom is 0.379 e. The summed E-state index contributed by atoms with van der Waals surface area (Å²) in [6.45, 7) is 0. The Balaban J connectivity index is 1.50. The van der Waals surface area contributed by atoms with Gasteiger partial charge in [-0.1, -0.05) is 0 Å². The van der Waals surface area contributed by atoms with Crippen molar-refractivity contribution in [2.75, 3.05) is 0 Å². The van der Waals surface area contributed by atoms with E-state index in [2.05, 4.69) is 0 Å². The molecule has 0 radical (unpaired) electrons. The van der Waals surface area contributed by atoms with Gasteiger partial charge in [-0.05, 0) is 78.6 Å². The number of rotatable bonds is 4. The monoisotopic (exact) mass is 364 g/mol. The summed E-state index contributed by atoms with van der Waals surface area (Å²) in [7, 11) is 0. The molecule has 0 saturated heterocycles. The zero-order valence-corrected chi connectivity index (χ0v) is 14.3. The lowest BCUT2D eigenvalue weighted by atomic mass is 9.91. The quantitative estimate of drug-likeness (QED) is 0.494. The maximum absolute atomic E-state index is 12.3. The lowest BCUT2D eigenvalue weighted by molar-refractivity contribution is 0.0649. The number of hydrogen-bond donors (Lipinski definition) is 0. The molecule has 1 saturated carbocycles. The molecule has 2 unspecified atom stereocenters. The van der Waals surface area contributed by atoms with Crippen molar-refractivity contribution in [3.63, 3.8) is 0 Å². The van der Waals surface area contributed by atoms with Gasteiger partial charge in [-0.3, -0.25) is 0 Å². The molecular weight excluding hydrogens is 348 g/mol. The van der Waals surface area contributed by atoms with Crippen molar-refractivity contribution in [2.45, 2.75) is 31.1 Å². The Morgan fingerprint density at radius 3 is 1.70 bits per heavy atom. The molecule has 0 amide bonds. The Morgan fingerprint density at radius 1 is 0.815 bits per heavy atom. The molecule has 2 aliphatic rings. The van der Waals surface area contributed by atoms with Gasteiger partial charge in [0, 0.05) is 0 Å². The third kappa shape index (κ3) is 2.73. The molecule has 2 bridgehead atoms. The molecule has 1 fully saturated rings.